The molecule has 0 radical (unpaired) electrons. The van der Waals surface area contributed by atoms with Crippen LogP contribution in [0.4, 0.5) is 0 Å². The molecule has 3 amide bonds. The van der Waals surface area contributed by atoms with Crippen LogP contribution in [0.3, 0.4) is 0 Å². The van der Waals surface area contributed by atoms with E-state index in [1.54, 1.807) is 0 Å². The molecule has 10 heteroatoms. The van der Waals surface area contributed by atoms with Gasteiger partial charge < -0.3 is 15.0 Å². The Hall–Kier alpha value is -2.95. The number of fused-ring (bicyclic) bond motifs is 1. The highest BCUT2D eigenvalue weighted by Crippen LogP contribution is 2.49. The van der Waals surface area contributed by atoms with Gasteiger partial charge in [0.1, 0.15) is 12.4 Å². The van der Waals surface area contributed by atoms with Crippen LogP contribution < -0.4 is 5.32 Å². The fourth-order valence-electron chi connectivity index (χ4n) is 5.81. The van der Waals surface area contributed by atoms with Gasteiger partial charge in [0.05, 0.1) is 17.1 Å². The van der Waals surface area contributed by atoms with Crippen LogP contribution in [0, 0.1) is 5.92 Å². The number of carbonyl (C=O) groups is 3. The zero-order valence-corrected chi connectivity index (χ0v) is 24.4. The van der Waals surface area contributed by atoms with Gasteiger partial charge in [-0.05, 0) is 38.7 Å². The largest absolute Gasteiger partial charge is 0.380 e. The molecule has 0 aromatic rings. The lowest BCUT2D eigenvalue weighted by Gasteiger charge is -2.43. The van der Waals surface area contributed by atoms with Crippen LogP contribution in [0.25, 0.3) is 0 Å². The lowest BCUT2D eigenvalue weighted by Crippen LogP contribution is -2.59. The van der Waals surface area contributed by atoms with Crippen molar-refractivity contribution in [2.24, 2.45) is 10.9 Å². The van der Waals surface area contributed by atoms with E-state index in [9.17, 15) is 14.4 Å². The first-order valence-electron chi connectivity index (χ1n) is 14.2. The molecule has 3 unspecified atom stereocenters. The average Bonchev–Trinajstić information content (AvgIpc) is 3.16. The Balaban J connectivity index is 1.36. The Kier molecular flexibility index (Phi) is 8.77. The van der Waals surface area contributed by atoms with Gasteiger partial charge in [-0.15, -0.1) is 11.8 Å². The van der Waals surface area contributed by atoms with Crippen molar-refractivity contribution < 1.29 is 19.1 Å². The molecule has 3 atom stereocenters. The molecule has 3 aliphatic heterocycles. The number of piperazine rings is 1. The molecule has 0 spiro atoms. The van der Waals surface area contributed by atoms with Crippen LogP contribution in [0.5, 0.6) is 0 Å². The van der Waals surface area contributed by atoms with E-state index in [-0.39, 0.29) is 23.2 Å². The summed E-state index contributed by atoms with van der Waals surface area (Å²) in [7, 11) is 0. The molecule has 0 aromatic carbocycles. The molecule has 0 aromatic heterocycles. The van der Waals surface area contributed by atoms with E-state index in [2.05, 4.69) is 59.3 Å². The molecule has 9 nitrogen and oxygen atoms in total. The molecule has 0 bridgehead atoms. The highest BCUT2D eigenvalue weighted by Gasteiger charge is 2.40. The summed E-state index contributed by atoms with van der Waals surface area (Å²) in [5.41, 5.74) is 2.41. The number of amides is 3. The van der Waals surface area contributed by atoms with E-state index in [0.29, 0.717) is 32.2 Å². The first-order valence-corrected chi connectivity index (χ1v) is 15.0. The first-order chi connectivity index (χ1) is 19.3. The van der Waals surface area contributed by atoms with E-state index in [4.69, 9.17) is 9.73 Å². The van der Waals surface area contributed by atoms with Gasteiger partial charge in [0.2, 0.25) is 5.91 Å². The van der Waals surface area contributed by atoms with E-state index in [0.717, 1.165) is 48.9 Å². The minimum Gasteiger partial charge on any atom is -0.380 e. The average molecular weight is 566 g/mol. The fourth-order valence-corrected chi connectivity index (χ4v) is 7.26. The maximum Gasteiger partial charge on any atom is 0.254 e. The molecular formula is C30H39N5O4S. The predicted octanol–water partition coefficient (Wildman–Crippen LogP) is 2.65. The molecule has 1 saturated heterocycles. The second-order valence-electron chi connectivity index (χ2n) is 11.0. The zero-order valence-electron chi connectivity index (χ0n) is 23.6. The number of rotatable bonds is 8. The predicted molar refractivity (Wildman–Crippen MR) is 158 cm³/mol. The molecule has 1 N–H and O–H groups in total. The maximum absolute atomic E-state index is 12.8. The lowest BCUT2D eigenvalue weighted by atomic mass is 9.91. The molecule has 1 fully saturated rings. The number of amidine groups is 1. The third-order valence-electron chi connectivity index (χ3n) is 8.13. The number of hydrogen-bond acceptors (Lipinski definition) is 8. The molecule has 5 rings (SSSR count). The minimum absolute atomic E-state index is 0.0185. The van der Waals surface area contributed by atoms with Crippen LogP contribution >= 0.6 is 11.8 Å². The molecule has 3 heterocycles. The fraction of sp³-hybridized carbons (Fsp3) is 0.533. The number of nitrogens with one attached hydrogen (secondary N) is 1. The van der Waals surface area contributed by atoms with Gasteiger partial charge in [0.15, 0.2) is 0 Å². The number of allylic oxidation sites excluding steroid dienone is 5. The van der Waals surface area contributed by atoms with Gasteiger partial charge >= 0.3 is 0 Å². The second kappa shape index (κ2) is 12.3. The maximum atomic E-state index is 12.8. The van der Waals surface area contributed by atoms with Gasteiger partial charge in [-0.25, -0.2) is 4.99 Å². The highest BCUT2D eigenvalue weighted by atomic mass is 32.2. The van der Waals surface area contributed by atoms with Gasteiger partial charge in [-0.2, -0.15) is 0 Å². The summed E-state index contributed by atoms with van der Waals surface area (Å²) >= 11 is 1.92. The van der Waals surface area contributed by atoms with E-state index in [1.807, 2.05) is 18.7 Å². The normalized spacial score (nSPS) is 28.4. The van der Waals surface area contributed by atoms with Crippen molar-refractivity contribution in [3.05, 3.63) is 58.7 Å². The minimum atomic E-state index is -0.454. The van der Waals surface area contributed by atoms with Crippen molar-refractivity contribution in [2.75, 3.05) is 52.5 Å². The molecule has 0 saturated carbocycles. The van der Waals surface area contributed by atoms with Gasteiger partial charge in [-0.1, -0.05) is 31.2 Å². The van der Waals surface area contributed by atoms with Crippen molar-refractivity contribution in [1.82, 2.24) is 20.0 Å². The van der Waals surface area contributed by atoms with Crippen LogP contribution in [-0.4, -0.2) is 102 Å². The van der Waals surface area contributed by atoms with Crippen molar-refractivity contribution >= 4 is 35.3 Å². The summed E-state index contributed by atoms with van der Waals surface area (Å²) in [5.74, 6) is 0.156. The number of thioether (sulfide) groups is 1. The van der Waals surface area contributed by atoms with Crippen molar-refractivity contribution in [3.8, 4) is 0 Å². The molecule has 2 aliphatic carbocycles. The summed E-state index contributed by atoms with van der Waals surface area (Å²) < 4.78 is 5.54. The third kappa shape index (κ3) is 6.04. The highest BCUT2D eigenvalue weighted by molar-refractivity contribution is 8.04. The Morgan fingerprint density at radius 3 is 2.77 bits per heavy atom. The van der Waals surface area contributed by atoms with Crippen LogP contribution in [0.2, 0.25) is 0 Å². The summed E-state index contributed by atoms with van der Waals surface area (Å²) in [6.45, 7) is 11.1. The van der Waals surface area contributed by atoms with Crippen molar-refractivity contribution in [1.29, 1.82) is 0 Å². The Bertz CT molecular complexity index is 1220. The van der Waals surface area contributed by atoms with Crippen LogP contribution in [0.1, 0.15) is 33.6 Å². The van der Waals surface area contributed by atoms with Gasteiger partial charge in [0, 0.05) is 68.0 Å². The monoisotopic (exact) mass is 565 g/mol. The molecular weight excluding hydrogens is 526 g/mol. The Morgan fingerprint density at radius 1 is 1.20 bits per heavy atom. The van der Waals surface area contributed by atoms with Gasteiger partial charge in [0.25, 0.3) is 11.8 Å². The van der Waals surface area contributed by atoms with Crippen molar-refractivity contribution in [3.63, 3.8) is 0 Å². The quantitative estimate of drug-likeness (QED) is 0.357. The Morgan fingerprint density at radius 2 is 2.00 bits per heavy atom. The van der Waals surface area contributed by atoms with Crippen LogP contribution in [-0.2, 0) is 19.1 Å². The van der Waals surface area contributed by atoms with Crippen molar-refractivity contribution in [2.45, 2.75) is 44.4 Å². The Labute approximate surface area is 240 Å². The summed E-state index contributed by atoms with van der Waals surface area (Å²) in [4.78, 5) is 49.0. The standard InChI is InChI=1S/C30H39N5O4S/c1-4-39-17-16-33-14-15-34(19-22(33)18-31-25(36)20-35-26(37)11-12-27(35)38)29-28-21(2)8-7-9-23(28)40-30(3)13-6-5-10-24(30)32-29/h5-7,9-12,21-22H,4,8,13-20H2,1-3H3,(H,31,36). The third-order valence-corrected chi connectivity index (χ3v) is 9.53. The summed E-state index contributed by atoms with van der Waals surface area (Å²) in [6, 6.07) is 0.0185. The number of ether oxygens (including phenoxy) is 1. The number of aliphatic imine (C=N–C) groups is 1. The topological polar surface area (TPSA) is 94.6 Å². The van der Waals surface area contributed by atoms with E-state index >= 15 is 0 Å². The number of carbonyl (C=O) groups excluding carboxylic acids is 3. The van der Waals surface area contributed by atoms with Gasteiger partial charge in [-0.3, -0.25) is 24.2 Å². The van der Waals surface area contributed by atoms with Crippen LogP contribution in [0.15, 0.2) is 63.7 Å². The number of hydrogen-bond donors (Lipinski definition) is 1. The zero-order chi connectivity index (χ0) is 28.3. The summed E-state index contributed by atoms with van der Waals surface area (Å²) in [5, 5.41) is 2.98. The molecule has 40 heavy (non-hydrogen) atoms. The molecule has 5 aliphatic rings. The first kappa shape index (κ1) is 28.6. The molecule has 214 valence electrons. The SMILES string of the molecule is CCOCCN1CCN(C2=NC3=CC=CCC3(C)SC3=C2C(C)CC=C3)CC1CNC(=O)CN1C(=O)C=CC1=O. The smallest absolute Gasteiger partial charge is 0.254 e. The number of imide groups is 1. The lowest BCUT2D eigenvalue weighted by molar-refractivity contribution is -0.141. The van der Waals surface area contributed by atoms with E-state index in [1.165, 1.54) is 22.6 Å². The second-order valence-corrected chi connectivity index (χ2v) is 12.5. The summed E-state index contributed by atoms with van der Waals surface area (Å²) in [6.07, 6.45) is 15.4. The van der Waals surface area contributed by atoms with E-state index < -0.39 is 11.8 Å². The number of nitrogens with zero attached hydrogens (tertiary/aromatic N) is 4.